The minimum absolute atomic E-state index is 0.209. The molecule has 3 heterocycles. The summed E-state index contributed by atoms with van der Waals surface area (Å²) in [6.45, 7) is 3.79. The molecular weight excluding hydrogens is 393 g/mol. The highest BCUT2D eigenvalue weighted by atomic mass is 19.1. The molecule has 1 aromatic carbocycles. The van der Waals surface area contributed by atoms with Crippen molar-refractivity contribution in [2.24, 2.45) is 0 Å². The van der Waals surface area contributed by atoms with E-state index >= 15 is 0 Å². The molecule has 2 atom stereocenters. The van der Waals surface area contributed by atoms with Crippen molar-refractivity contribution >= 4 is 16.6 Å². The van der Waals surface area contributed by atoms with E-state index in [0.717, 1.165) is 62.3 Å². The summed E-state index contributed by atoms with van der Waals surface area (Å²) < 4.78 is 13.5. The van der Waals surface area contributed by atoms with Gasteiger partial charge in [-0.15, -0.1) is 0 Å². The summed E-state index contributed by atoms with van der Waals surface area (Å²) in [5, 5.41) is 10.1. The SMILES string of the molecule is N#Cc1ccc(N2CCN([C@H]3CC[C@@H](c4cc5ccc(F)cc5c(=O)[nH]4)C3)CC2)nc1. The number of H-pyrrole nitrogens is 1. The summed E-state index contributed by atoms with van der Waals surface area (Å²) in [5.74, 6) is 0.862. The molecule has 1 aliphatic heterocycles. The molecule has 3 aromatic rings. The minimum Gasteiger partial charge on any atom is -0.354 e. The maximum absolute atomic E-state index is 13.5. The van der Waals surface area contributed by atoms with Crippen molar-refractivity contribution in [1.82, 2.24) is 14.9 Å². The highest BCUT2D eigenvalue weighted by molar-refractivity contribution is 5.81. The standard InChI is InChI=1S/C24H24FN5O/c25-19-4-2-17-12-22(28-24(31)21(17)13-19)18-3-5-20(11-18)29-7-9-30(10-8-29)23-6-1-16(14-26)15-27-23/h1-2,4,6,12-13,15,18,20H,3,5,7-11H2,(H,28,31)/t18-,20+/m1/s1. The fourth-order valence-electron chi connectivity index (χ4n) is 5.00. The minimum atomic E-state index is -0.387. The number of aromatic amines is 1. The Balaban J connectivity index is 1.23. The molecule has 0 unspecified atom stereocenters. The Kier molecular flexibility index (Phi) is 5.16. The number of nitriles is 1. The number of nitrogens with zero attached hydrogens (tertiary/aromatic N) is 4. The maximum Gasteiger partial charge on any atom is 0.256 e. The first kappa shape index (κ1) is 19.7. The topological polar surface area (TPSA) is 76.0 Å². The summed E-state index contributed by atoms with van der Waals surface area (Å²) in [6, 6.07) is 12.8. The fraction of sp³-hybridized carbons (Fsp3) is 0.375. The summed E-state index contributed by atoms with van der Waals surface area (Å²) in [6.07, 6.45) is 4.81. The predicted molar refractivity (Wildman–Crippen MR) is 118 cm³/mol. The van der Waals surface area contributed by atoms with Gasteiger partial charge in [0.15, 0.2) is 0 Å². The van der Waals surface area contributed by atoms with Crippen LogP contribution >= 0.6 is 0 Å². The van der Waals surface area contributed by atoms with Crippen LogP contribution in [0.3, 0.4) is 0 Å². The third-order valence-corrected chi connectivity index (χ3v) is 6.71. The first-order valence-electron chi connectivity index (χ1n) is 10.8. The van der Waals surface area contributed by atoms with E-state index < -0.39 is 0 Å². The van der Waals surface area contributed by atoms with Crippen LogP contribution in [0.4, 0.5) is 10.2 Å². The number of anilines is 1. The van der Waals surface area contributed by atoms with Crippen LogP contribution in [-0.4, -0.2) is 47.1 Å². The van der Waals surface area contributed by atoms with Crippen LogP contribution in [0.25, 0.3) is 10.8 Å². The number of fused-ring (bicyclic) bond motifs is 1. The zero-order valence-corrected chi connectivity index (χ0v) is 17.2. The molecule has 0 radical (unpaired) electrons. The largest absolute Gasteiger partial charge is 0.354 e. The van der Waals surface area contributed by atoms with E-state index in [1.54, 1.807) is 12.3 Å². The molecule has 0 spiro atoms. The van der Waals surface area contributed by atoms with E-state index in [1.165, 1.54) is 12.1 Å². The summed E-state index contributed by atoms with van der Waals surface area (Å²) in [4.78, 5) is 24.7. The second-order valence-electron chi connectivity index (χ2n) is 8.49. The first-order valence-corrected chi connectivity index (χ1v) is 10.8. The number of hydrogen-bond acceptors (Lipinski definition) is 5. The van der Waals surface area contributed by atoms with Gasteiger partial charge in [0.05, 0.1) is 5.56 Å². The average molecular weight is 417 g/mol. The third kappa shape index (κ3) is 3.91. The van der Waals surface area contributed by atoms with Crippen LogP contribution in [0, 0.1) is 17.1 Å². The van der Waals surface area contributed by atoms with Crippen molar-refractivity contribution in [2.75, 3.05) is 31.1 Å². The molecule has 2 aliphatic rings. The van der Waals surface area contributed by atoms with Crippen molar-refractivity contribution in [2.45, 2.75) is 31.2 Å². The molecular formula is C24H24FN5O. The van der Waals surface area contributed by atoms with Gasteiger partial charge in [0.25, 0.3) is 5.56 Å². The molecule has 0 amide bonds. The van der Waals surface area contributed by atoms with Crippen LogP contribution < -0.4 is 10.5 Å². The van der Waals surface area contributed by atoms with E-state index in [-0.39, 0.29) is 11.4 Å². The quantitative estimate of drug-likeness (QED) is 0.707. The molecule has 1 saturated heterocycles. The number of pyridine rings is 2. The number of halogens is 1. The number of hydrogen-bond donors (Lipinski definition) is 1. The predicted octanol–water partition coefficient (Wildman–Crippen LogP) is 3.39. The summed E-state index contributed by atoms with van der Waals surface area (Å²) >= 11 is 0. The molecule has 1 saturated carbocycles. The smallest absolute Gasteiger partial charge is 0.256 e. The van der Waals surface area contributed by atoms with Gasteiger partial charge in [0.1, 0.15) is 17.7 Å². The summed E-state index contributed by atoms with van der Waals surface area (Å²) in [5.41, 5.74) is 1.34. The van der Waals surface area contributed by atoms with Crippen molar-refractivity contribution in [3.63, 3.8) is 0 Å². The highest BCUT2D eigenvalue weighted by Gasteiger charge is 2.32. The van der Waals surface area contributed by atoms with Gasteiger partial charge in [0.2, 0.25) is 0 Å². The monoisotopic (exact) mass is 417 g/mol. The second kappa shape index (κ2) is 8.12. The number of aromatic nitrogens is 2. The Morgan fingerprint density at radius 1 is 1.10 bits per heavy atom. The lowest BCUT2D eigenvalue weighted by Crippen LogP contribution is -2.50. The maximum atomic E-state index is 13.5. The third-order valence-electron chi connectivity index (χ3n) is 6.71. The molecule has 5 rings (SSSR count). The molecule has 7 heteroatoms. The van der Waals surface area contributed by atoms with Crippen molar-refractivity contribution in [1.29, 1.82) is 5.26 Å². The van der Waals surface area contributed by atoms with Crippen molar-refractivity contribution < 1.29 is 4.39 Å². The molecule has 1 aliphatic carbocycles. The van der Waals surface area contributed by atoms with Gasteiger partial charge < -0.3 is 9.88 Å². The van der Waals surface area contributed by atoms with E-state index in [9.17, 15) is 9.18 Å². The van der Waals surface area contributed by atoms with E-state index in [0.29, 0.717) is 22.9 Å². The Labute approximate surface area is 179 Å². The Morgan fingerprint density at radius 2 is 1.94 bits per heavy atom. The van der Waals surface area contributed by atoms with E-state index in [2.05, 4.69) is 25.8 Å². The number of nitrogens with one attached hydrogen (secondary N) is 1. The number of rotatable bonds is 3. The Morgan fingerprint density at radius 3 is 2.68 bits per heavy atom. The van der Waals surface area contributed by atoms with Gasteiger partial charge in [-0.05, 0) is 55.0 Å². The number of piperazine rings is 1. The fourth-order valence-corrected chi connectivity index (χ4v) is 5.00. The lowest BCUT2D eigenvalue weighted by molar-refractivity contribution is 0.186. The zero-order valence-electron chi connectivity index (χ0n) is 17.2. The lowest BCUT2D eigenvalue weighted by atomic mass is 10.0. The van der Waals surface area contributed by atoms with Gasteiger partial charge in [0, 0.05) is 55.4 Å². The van der Waals surface area contributed by atoms with Crippen molar-refractivity contribution in [3.8, 4) is 6.07 Å². The van der Waals surface area contributed by atoms with Crippen molar-refractivity contribution in [3.05, 3.63) is 70.0 Å². The van der Waals surface area contributed by atoms with Gasteiger partial charge in [-0.3, -0.25) is 9.69 Å². The molecule has 2 fully saturated rings. The van der Waals surface area contributed by atoms with Crippen LogP contribution in [0.1, 0.15) is 36.4 Å². The molecule has 0 bridgehead atoms. The molecule has 31 heavy (non-hydrogen) atoms. The first-order chi connectivity index (χ1) is 15.1. The highest BCUT2D eigenvalue weighted by Crippen LogP contribution is 2.37. The van der Waals surface area contributed by atoms with Gasteiger partial charge >= 0.3 is 0 Å². The molecule has 158 valence electrons. The normalized spacial score (nSPS) is 22.0. The zero-order chi connectivity index (χ0) is 21.4. The van der Waals surface area contributed by atoms with Crippen LogP contribution in [0.15, 0.2) is 47.4 Å². The molecule has 1 N–H and O–H groups in total. The second-order valence-corrected chi connectivity index (χ2v) is 8.49. The van der Waals surface area contributed by atoms with Crippen LogP contribution in [-0.2, 0) is 0 Å². The summed E-state index contributed by atoms with van der Waals surface area (Å²) in [7, 11) is 0. The van der Waals surface area contributed by atoms with Gasteiger partial charge in [-0.25, -0.2) is 9.37 Å². The Hall–Kier alpha value is -3.24. The Bertz CT molecular complexity index is 1190. The molecule has 2 aromatic heterocycles. The van der Waals surface area contributed by atoms with Gasteiger partial charge in [-0.2, -0.15) is 5.26 Å². The van der Waals surface area contributed by atoms with Gasteiger partial charge in [-0.1, -0.05) is 6.07 Å². The van der Waals surface area contributed by atoms with E-state index in [1.807, 2.05) is 18.2 Å². The lowest BCUT2D eigenvalue weighted by Gasteiger charge is -2.38. The average Bonchev–Trinajstić information content (AvgIpc) is 3.30. The van der Waals surface area contributed by atoms with E-state index in [4.69, 9.17) is 5.26 Å². The van der Waals surface area contributed by atoms with Crippen LogP contribution in [0.2, 0.25) is 0 Å². The van der Waals surface area contributed by atoms with Crippen LogP contribution in [0.5, 0.6) is 0 Å². The molecule has 6 nitrogen and oxygen atoms in total. The number of benzene rings is 1.